The maximum absolute atomic E-state index is 11.3. The molecule has 0 aromatic carbocycles. The van der Waals surface area contributed by atoms with Gasteiger partial charge in [-0.05, 0) is 25.9 Å². The number of ether oxygens (including phenoxy) is 1. The molecule has 16 heavy (non-hydrogen) atoms. The Labute approximate surface area is 94.3 Å². The quantitative estimate of drug-likeness (QED) is 0.507. The van der Waals surface area contributed by atoms with Gasteiger partial charge in [0.2, 0.25) is 12.2 Å². The minimum Gasteiger partial charge on any atom is -0.394 e. The number of hydrogen-bond acceptors (Lipinski definition) is 5. The molecule has 0 saturated carbocycles. The normalized spacial score (nSPS) is 19.1. The number of carbonyl (C=O) groups is 1. The summed E-state index contributed by atoms with van der Waals surface area (Å²) in [7, 11) is 0. The summed E-state index contributed by atoms with van der Waals surface area (Å²) in [6, 6.07) is -0.955. The molecule has 1 atom stereocenters. The van der Waals surface area contributed by atoms with Crippen molar-refractivity contribution in [1.82, 2.24) is 10.6 Å². The molecule has 1 fully saturated rings. The van der Waals surface area contributed by atoms with Crippen molar-refractivity contribution in [2.45, 2.75) is 25.0 Å². The molecule has 0 aliphatic carbocycles. The van der Waals surface area contributed by atoms with Gasteiger partial charge in [0.25, 0.3) is 0 Å². The van der Waals surface area contributed by atoms with Crippen LogP contribution in [-0.2, 0) is 14.3 Å². The number of hydrogen-bond donors (Lipinski definition) is 3. The van der Waals surface area contributed by atoms with Crippen molar-refractivity contribution in [3.8, 4) is 0 Å². The van der Waals surface area contributed by atoms with E-state index in [1.54, 1.807) is 0 Å². The van der Waals surface area contributed by atoms with Gasteiger partial charge in [-0.25, -0.2) is 0 Å². The summed E-state index contributed by atoms with van der Waals surface area (Å²) in [5.41, 5.74) is 0. The molecular formula is C10H17N2O4. The third kappa shape index (κ3) is 4.69. The number of piperidine rings is 1. The lowest BCUT2D eigenvalue weighted by atomic mass is 10.1. The van der Waals surface area contributed by atoms with E-state index in [4.69, 9.17) is 9.84 Å². The van der Waals surface area contributed by atoms with Crippen molar-refractivity contribution in [2.24, 2.45) is 0 Å². The first-order chi connectivity index (χ1) is 7.76. The molecule has 0 aromatic heterocycles. The Hall–Kier alpha value is -0.980. The molecule has 1 aliphatic rings. The minimum absolute atomic E-state index is 0.0805. The largest absolute Gasteiger partial charge is 0.394 e. The fraction of sp³-hybridized carbons (Fsp3) is 0.800. The van der Waals surface area contributed by atoms with Crippen molar-refractivity contribution in [3.05, 3.63) is 0 Å². The predicted octanol–water partition coefficient (Wildman–Crippen LogP) is -1.66. The molecule has 6 heteroatoms. The van der Waals surface area contributed by atoms with Crippen molar-refractivity contribution in [2.75, 3.05) is 26.3 Å². The highest BCUT2D eigenvalue weighted by Gasteiger charge is 2.16. The number of nitrogens with one attached hydrogen (secondary N) is 2. The molecule has 1 radical (unpaired) electrons. The summed E-state index contributed by atoms with van der Waals surface area (Å²) >= 11 is 0. The van der Waals surface area contributed by atoms with Gasteiger partial charge in [-0.1, -0.05) is 0 Å². The Balaban J connectivity index is 2.15. The van der Waals surface area contributed by atoms with Crippen LogP contribution in [-0.4, -0.2) is 55.7 Å². The van der Waals surface area contributed by atoms with Gasteiger partial charge < -0.3 is 20.5 Å². The molecular weight excluding hydrogens is 212 g/mol. The van der Waals surface area contributed by atoms with Crippen molar-refractivity contribution in [3.63, 3.8) is 0 Å². The Kier molecular flexibility index (Phi) is 5.99. The number of rotatable bonds is 6. The van der Waals surface area contributed by atoms with Crippen LogP contribution in [0.2, 0.25) is 0 Å². The zero-order chi connectivity index (χ0) is 11.8. The van der Waals surface area contributed by atoms with Gasteiger partial charge in [0, 0.05) is 0 Å². The van der Waals surface area contributed by atoms with E-state index in [-0.39, 0.29) is 12.7 Å². The molecule has 0 bridgehead atoms. The third-order valence-corrected chi connectivity index (χ3v) is 2.40. The van der Waals surface area contributed by atoms with E-state index >= 15 is 0 Å². The first-order valence-corrected chi connectivity index (χ1v) is 5.36. The average molecular weight is 229 g/mol. The van der Waals surface area contributed by atoms with Crippen LogP contribution in [0.3, 0.4) is 0 Å². The van der Waals surface area contributed by atoms with Crippen LogP contribution in [0.4, 0.5) is 0 Å². The topological polar surface area (TPSA) is 87.7 Å². The highest BCUT2D eigenvalue weighted by atomic mass is 16.5. The van der Waals surface area contributed by atoms with Crippen molar-refractivity contribution >= 4 is 12.2 Å². The van der Waals surface area contributed by atoms with E-state index in [9.17, 15) is 9.59 Å². The molecule has 1 saturated heterocycles. The SMILES string of the molecule is O=[C]C(CO)NC(=O)COC1CCNCC1. The zero-order valence-corrected chi connectivity index (χ0v) is 9.07. The Morgan fingerprint density at radius 2 is 2.25 bits per heavy atom. The lowest BCUT2D eigenvalue weighted by Gasteiger charge is -2.22. The van der Waals surface area contributed by atoms with Gasteiger partial charge in [-0.3, -0.25) is 9.59 Å². The van der Waals surface area contributed by atoms with Crippen LogP contribution in [0, 0.1) is 0 Å². The zero-order valence-electron chi connectivity index (χ0n) is 9.07. The fourth-order valence-electron chi connectivity index (χ4n) is 1.50. The molecule has 0 aromatic rings. The third-order valence-electron chi connectivity index (χ3n) is 2.40. The second-order valence-electron chi connectivity index (χ2n) is 3.68. The van der Waals surface area contributed by atoms with Gasteiger partial charge in [-0.15, -0.1) is 0 Å². The molecule has 91 valence electrons. The smallest absolute Gasteiger partial charge is 0.246 e. The number of aliphatic hydroxyl groups excluding tert-OH is 1. The minimum atomic E-state index is -0.955. The summed E-state index contributed by atoms with van der Waals surface area (Å²) in [6.45, 7) is 1.27. The van der Waals surface area contributed by atoms with Gasteiger partial charge >= 0.3 is 0 Å². The number of aliphatic hydroxyl groups is 1. The van der Waals surface area contributed by atoms with E-state index in [0.29, 0.717) is 0 Å². The monoisotopic (exact) mass is 229 g/mol. The molecule has 6 nitrogen and oxygen atoms in total. The molecule has 1 heterocycles. The van der Waals surface area contributed by atoms with E-state index in [0.717, 1.165) is 25.9 Å². The Bertz CT molecular complexity index is 229. The first-order valence-electron chi connectivity index (χ1n) is 5.36. The summed E-state index contributed by atoms with van der Waals surface area (Å²) in [4.78, 5) is 21.5. The lowest BCUT2D eigenvalue weighted by molar-refractivity contribution is -0.128. The first kappa shape index (κ1) is 13.1. The second-order valence-corrected chi connectivity index (χ2v) is 3.68. The molecule has 1 unspecified atom stereocenters. The van der Waals surface area contributed by atoms with Gasteiger partial charge in [0.15, 0.2) is 0 Å². The summed E-state index contributed by atoms with van der Waals surface area (Å²) < 4.78 is 5.37. The van der Waals surface area contributed by atoms with Gasteiger partial charge in [0.1, 0.15) is 12.6 Å². The summed E-state index contributed by atoms with van der Waals surface area (Å²) in [5, 5.41) is 14.2. The van der Waals surface area contributed by atoms with E-state index in [2.05, 4.69) is 10.6 Å². The number of amides is 1. The van der Waals surface area contributed by atoms with Crippen molar-refractivity contribution in [1.29, 1.82) is 0 Å². The van der Waals surface area contributed by atoms with Crippen LogP contribution in [0.25, 0.3) is 0 Å². The second kappa shape index (κ2) is 7.32. The molecule has 1 amide bonds. The van der Waals surface area contributed by atoms with Gasteiger partial charge in [0.05, 0.1) is 12.7 Å². The average Bonchev–Trinajstić information content (AvgIpc) is 2.34. The number of carbonyl (C=O) groups excluding carboxylic acids is 2. The van der Waals surface area contributed by atoms with Crippen molar-refractivity contribution < 1.29 is 19.4 Å². The van der Waals surface area contributed by atoms with E-state index in [1.165, 1.54) is 6.29 Å². The molecule has 3 N–H and O–H groups in total. The van der Waals surface area contributed by atoms with E-state index in [1.807, 2.05) is 0 Å². The Morgan fingerprint density at radius 1 is 1.56 bits per heavy atom. The van der Waals surface area contributed by atoms with Gasteiger partial charge in [-0.2, -0.15) is 0 Å². The molecule has 0 spiro atoms. The van der Waals surface area contributed by atoms with E-state index < -0.39 is 18.6 Å². The summed E-state index contributed by atoms with van der Waals surface area (Å²) in [5.74, 6) is -0.402. The summed E-state index contributed by atoms with van der Waals surface area (Å²) in [6.07, 6.45) is 3.39. The maximum Gasteiger partial charge on any atom is 0.246 e. The molecule has 1 rings (SSSR count). The highest BCUT2D eigenvalue weighted by molar-refractivity contribution is 5.80. The molecule has 1 aliphatic heterocycles. The van der Waals surface area contributed by atoms with Crippen LogP contribution < -0.4 is 10.6 Å². The maximum atomic E-state index is 11.3. The fourth-order valence-corrected chi connectivity index (χ4v) is 1.50. The van der Waals surface area contributed by atoms with Crippen LogP contribution in [0.5, 0.6) is 0 Å². The Morgan fingerprint density at radius 3 is 2.81 bits per heavy atom. The van der Waals surface area contributed by atoms with Crippen LogP contribution >= 0.6 is 0 Å². The standard InChI is InChI=1S/C10H17N2O4/c13-5-8(6-14)12-10(15)7-16-9-1-3-11-4-2-9/h8-9,11,13H,1-5,7H2,(H,12,15). The van der Waals surface area contributed by atoms with Crippen LogP contribution in [0.15, 0.2) is 0 Å². The highest BCUT2D eigenvalue weighted by Crippen LogP contribution is 2.06. The lowest BCUT2D eigenvalue weighted by Crippen LogP contribution is -2.42. The van der Waals surface area contributed by atoms with Crippen LogP contribution in [0.1, 0.15) is 12.8 Å². The predicted molar refractivity (Wildman–Crippen MR) is 56.6 cm³/mol.